The number of methoxy groups -OCH3 is 1. The highest BCUT2D eigenvalue weighted by molar-refractivity contribution is 5.66. The van der Waals surface area contributed by atoms with Gasteiger partial charge in [-0.3, -0.25) is 4.79 Å². The molecule has 0 radical (unpaired) electrons. The SMILES string of the molecule is C=C1[C@@H](O)[C@]23[C@H](O)[C@H]1C[C@H](O)[C@H]2[C@@]12CCCC(C)(C)[C@H]1[C@H](OC(C)=O)[C@@]3(O)O[C@@H]2OC. The maximum Gasteiger partial charge on any atom is 0.303 e. The molecule has 8 nitrogen and oxygen atoms in total. The monoisotopic (exact) mass is 438 g/mol. The molecule has 0 aromatic rings. The lowest BCUT2D eigenvalue weighted by Gasteiger charge is -2.77. The molecule has 0 aromatic heterocycles. The van der Waals surface area contributed by atoms with Crippen LogP contribution < -0.4 is 0 Å². The molecule has 4 saturated carbocycles. The van der Waals surface area contributed by atoms with Gasteiger partial charge in [0.1, 0.15) is 0 Å². The van der Waals surface area contributed by atoms with Crippen molar-refractivity contribution in [2.24, 2.45) is 34.0 Å². The molecule has 2 aliphatic heterocycles. The molecular weight excluding hydrogens is 404 g/mol. The number of ether oxygens (including phenoxy) is 3. The first-order valence-electron chi connectivity index (χ1n) is 11.2. The molecule has 6 fully saturated rings. The fourth-order valence-electron chi connectivity index (χ4n) is 8.84. The van der Waals surface area contributed by atoms with Gasteiger partial charge in [0.05, 0.1) is 23.7 Å². The van der Waals surface area contributed by atoms with Crippen molar-refractivity contribution in [3.8, 4) is 0 Å². The molecule has 4 aliphatic carbocycles. The maximum atomic E-state index is 12.3. The number of esters is 1. The van der Waals surface area contributed by atoms with Crippen molar-refractivity contribution in [3.63, 3.8) is 0 Å². The minimum Gasteiger partial charge on any atom is -0.456 e. The third kappa shape index (κ3) is 2.15. The summed E-state index contributed by atoms with van der Waals surface area (Å²) in [6, 6.07) is 0. The first-order valence-corrected chi connectivity index (χ1v) is 11.2. The molecule has 2 heterocycles. The summed E-state index contributed by atoms with van der Waals surface area (Å²) >= 11 is 0. The molecule has 2 saturated heterocycles. The first kappa shape index (κ1) is 21.8. The van der Waals surface area contributed by atoms with Crippen molar-refractivity contribution in [2.45, 2.75) is 82.9 Å². The quantitative estimate of drug-likeness (QED) is 0.367. The van der Waals surface area contributed by atoms with E-state index in [1.54, 1.807) is 0 Å². The number of fused-ring (bicyclic) bond motifs is 2. The fourth-order valence-corrected chi connectivity index (χ4v) is 8.84. The summed E-state index contributed by atoms with van der Waals surface area (Å²) < 4.78 is 17.8. The number of rotatable bonds is 2. The number of aliphatic hydroxyl groups is 4. The largest absolute Gasteiger partial charge is 0.456 e. The molecule has 4 N–H and O–H groups in total. The Bertz CT molecular complexity index is 826. The van der Waals surface area contributed by atoms with Crippen molar-refractivity contribution in [1.29, 1.82) is 0 Å². The van der Waals surface area contributed by atoms with Crippen LogP contribution in [-0.2, 0) is 19.0 Å². The standard InChI is InChI=1S/C23H34O8/c1-10-12-9-13(25)14-21-8-6-7-20(3,4)15(21)18(30-11(2)24)23(28,31-19(21)29-5)22(14,16(10)26)17(12)27/h12-19,25-28H,1,6-9H2,2-5H3/t12-,13-,14-,15+,16+,17+,18-,19-,21-,22-,23+/m0/s1. The minimum atomic E-state index is -2.26. The maximum absolute atomic E-state index is 12.3. The van der Waals surface area contributed by atoms with Crippen molar-refractivity contribution >= 4 is 5.97 Å². The van der Waals surface area contributed by atoms with E-state index in [4.69, 9.17) is 14.2 Å². The molecule has 8 heteroatoms. The van der Waals surface area contributed by atoms with Crippen LogP contribution in [0.2, 0.25) is 0 Å². The highest BCUT2D eigenvalue weighted by atomic mass is 16.8. The zero-order valence-electron chi connectivity index (χ0n) is 18.6. The zero-order valence-corrected chi connectivity index (χ0v) is 18.6. The number of hydrogen-bond donors (Lipinski definition) is 4. The third-order valence-electron chi connectivity index (χ3n) is 9.52. The van der Waals surface area contributed by atoms with Gasteiger partial charge >= 0.3 is 5.97 Å². The summed E-state index contributed by atoms with van der Waals surface area (Å²) in [6.07, 6.45) is -2.98. The summed E-state index contributed by atoms with van der Waals surface area (Å²) in [4.78, 5) is 12.2. The average molecular weight is 439 g/mol. The average Bonchev–Trinajstić information content (AvgIpc) is 2.79. The molecule has 6 rings (SSSR count). The summed E-state index contributed by atoms with van der Waals surface area (Å²) in [5.41, 5.74) is -2.56. The molecule has 0 unspecified atom stereocenters. The van der Waals surface area contributed by atoms with Gasteiger partial charge in [-0.1, -0.05) is 26.8 Å². The predicted molar refractivity (Wildman–Crippen MR) is 107 cm³/mol. The Morgan fingerprint density at radius 1 is 1.19 bits per heavy atom. The zero-order chi connectivity index (χ0) is 22.7. The molecule has 2 spiro atoms. The van der Waals surface area contributed by atoms with Crippen LogP contribution in [0.4, 0.5) is 0 Å². The van der Waals surface area contributed by atoms with Crippen LogP contribution >= 0.6 is 0 Å². The number of aliphatic hydroxyl groups excluding tert-OH is 3. The minimum absolute atomic E-state index is 0.239. The van der Waals surface area contributed by atoms with E-state index in [2.05, 4.69) is 20.4 Å². The molecule has 11 atom stereocenters. The normalized spacial score (nSPS) is 56.7. The number of carbonyl (C=O) groups excluding carboxylic acids is 1. The van der Waals surface area contributed by atoms with E-state index in [0.29, 0.717) is 12.0 Å². The van der Waals surface area contributed by atoms with Crippen LogP contribution in [0, 0.1) is 34.0 Å². The van der Waals surface area contributed by atoms with Crippen molar-refractivity contribution in [3.05, 3.63) is 12.2 Å². The van der Waals surface area contributed by atoms with Gasteiger partial charge in [0.15, 0.2) is 12.4 Å². The predicted octanol–water partition coefficient (Wildman–Crippen LogP) is 0.711. The van der Waals surface area contributed by atoms with Crippen LogP contribution in [0.3, 0.4) is 0 Å². The van der Waals surface area contributed by atoms with E-state index >= 15 is 0 Å². The Morgan fingerprint density at radius 2 is 1.87 bits per heavy atom. The summed E-state index contributed by atoms with van der Waals surface area (Å²) in [7, 11) is 1.49. The van der Waals surface area contributed by atoms with Crippen molar-refractivity contribution < 1.29 is 39.4 Å². The van der Waals surface area contributed by atoms with Gasteiger partial charge in [-0.05, 0) is 30.3 Å². The van der Waals surface area contributed by atoms with Gasteiger partial charge in [-0.2, -0.15) is 0 Å². The molecule has 6 aliphatic rings. The van der Waals surface area contributed by atoms with Crippen LogP contribution in [0.5, 0.6) is 0 Å². The van der Waals surface area contributed by atoms with E-state index in [1.807, 2.05) is 0 Å². The van der Waals surface area contributed by atoms with Gasteiger partial charge in [-0.25, -0.2) is 0 Å². The second-order valence-corrected chi connectivity index (χ2v) is 11.1. The smallest absolute Gasteiger partial charge is 0.303 e. The van der Waals surface area contributed by atoms with E-state index in [1.165, 1.54) is 14.0 Å². The Kier molecular flexibility index (Phi) is 4.43. The first-order chi connectivity index (χ1) is 14.4. The van der Waals surface area contributed by atoms with Gasteiger partial charge in [-0.15, -0.1) is 0 Å². The van der Waals surface area contributed by atoms with E-state index in [-0.39, 0.29) is 11.8 Å². The Hall–Kier alpha value is -1.03. The molecular formula is C23H34O8. The number of carbonyl (C=O) groups is 1. The lowest BCUT2D eigenvalue weighted by Crippen LogP contribution is -2.88. The van der Waals surface area contributed by atoms with Crippen LogP contribution in [0.15, 0.2) is 12.2 Å². The summed E-state index contributed by atoms with van der Waals surface area (Å²) in [5.74, 6) is -4.56. The van der Waals surface area contributed by atoms with Crippen LogP contribution in [0.25, 0.3) is 0 Å². The van der Waals surface area contributed by atoms with Crippen molar-refractivity contribution in [1.82, 2.24) is 0 Å². The lowest BCUT2D eigenvalue weighted by atomic mass is 9.35. The van der Waals surface area contributed by atoms with Gasteiger partial charge < -0.3 is 34.6 Å². The molecule has 31 heavy (non-hydrogen) atoms. The van der Waals surface area contributed by atoms with E-state index < -0.39 is 71.0 Å². The van der Waals surface area contributed by atoms with E-state index in [0.717, 1.165) is 12.8 Å². The van der Waals surface area contributed by atoms with Gasteiger partial charge in [0.2, 0.25) is 5.79 Å². The fraction of sp³-hybridized carbons (Fsp3) is 0.870. The molecule has 4 bridgehead atoms. The second-order valence-electron chi connectivity index (χ2n) is 11.1. The topological polar surface area (TPSA) is 126 Å². The Balaban J connectivity index is 1.85. The highest BCUT2D eigenvalue weighted by Gasteiger charge is 2.89. The van der Waals surface area contributed by atoms with Gasteiger partial charge in [0, 0.05) is 37.2 Å². The van der Waals surface area contributed by atoms with Crippen LogP contribution in [0.1, 0.15) is 46.5 Å². The lowest BCUT2D eigenvalue weighted by molar-refractivity contribution is -0.521. The summed E-state index contributed by atoms with van der Waals surface area (Å²) in [6.45, 7) is 9.40. The Morgan fingerprint density at radius 3 is 2.48 bits per heavy atom. The second kappa shape index (κ2) is 6.30. The molecule has 0 amide bonds. The number of hydrogen-bond acceptors (Lipinski definition) is 8. The molecule has 174 valence electrons. The summed E-state index contributed by atoms with van der Waals surface area (Å²) in [5, 5.41) is 46.7. The van der Waals surface area contributed by atoms with E-state index in [9.17, 15) is 25.2 Å². The third-order valence-corrected chi connectivity index (χ3v) is 9.52. The molecule has 0 aromatic carbocycles. The highest BCUT2D eigenvalue weighted by Crippen LogP contribution is 2.79. The van der Waals surface area contributed by atoms with Gasteiger partial charge in [0.25, 0.3) is 0 Å². The Labute approximate surface area is 182 Å². The van der Waals surface area contributed by atoms with Crippen LogP contribution in [-0.4, -0.2) is 70.0 Å². The van der Waals surface area contributed by atoms with Crippen molar-refractivity contribution in [2.75, 3.05) is 7.11 Å².